The summed E-state index contributed by atoms with van der Waals surface area (Å²) in [6.07, 6.45) is 5.41. The van der Waals surface area contributed by atoms with Gasteiger partial charge in [0.2, 0.25) is 0 Å². The van der Waals surface area contributed by atoms with Gasteiger partial charge in [0.25, 0.3) is 0 Å². The third kappa shape index (κ3) is 15.3. The van der Waals surface area contributed by atoms with Crippen molar-refractivity contribution in [2.24, 2.45) is 0 Å². The molecule has 0 radical (unpaired) electrons. The Hall–Kier alpha value is -1.14. The number of carbonyl (C=O) groups is 2. The topological polar surface area (TPSA) is 71.1 Å². The third-order valence-electron chi connectivity index (χ3n) is 3.02. The summed E-state index contributed by atoms with van der Waals surface area (Å²) < 4.78 is 20.0. The maximum absolute atomic E-state index is 11.4. The number of rotatable bonds is 15. The van der Waals surface area contributed by atoms with Crippen molar-refractivity contribution in [2.45, 2.75) is 51.4 Å². The van der Waals surface area contributed by atoms with Gasteiger partial charge in [-0.05, 0) is 38.5 Å². The van der Waals surface area contributed by atoms with Gasteiger partial charge in [-0.1, -0.05) is 0 Å². The molecule has 22 heavy (non-hydrogen) atoms. The van der Waals surface area contributed by atoms with E-state index in [0.717, 1.165) is 25.7 Å². The van der Waals surface area contributed by atoms with Crippen LogP contribution < -0.4 is 0 Å². The molecule has 0 aromatic rings. The zero-order valence-corrected chi connectivity index (χ0v) is 13.9. The molecule has 130 valence electrons. The largest absolute Gasteiger partial charge is 0.466 e. The fraction of sp³-hybridized carbons (Fsp3) is 0.875. The average Bonchev–Trinajstić information content (AvgIpc) is 2.51. The van der Waals surface area contributed by atoms with Crippen molar-refractivity contribution < 1.29 is 28.5 Å². The molecule has 6 heteroatoms. The molecule has 0 saturated heterocycles. The van der Waals surface area contributed by atoms with Crippen molar-refractivity contribution in [2.75, 3.05) is 40.6 Å². The molecule has 0 amide bonds. The molecule has 0 atom stereocenters. The molecule has 0 rings (SSSR count). The minimum absolute atomic E-state index is 0.203. The number of methoxy groups -OCH3 is 2. The highest BCUT2D eigenvalue weighted by molar-refractivity contribution is 5.70. The fourth-order valence-electron chi connectivity index (χ4n) is 1.75. The summed E-state index contributed by atoms with van der Waals surface area (Å²) in [7, 11) is 3.30. The predicted octanol–water partition coefficient (Wildman–Crippen LogP) is 2.49. The van der Waals surface area contributed by atoms with Crippen LogP contribution in [-0.4, -0.2) is 52.6 Å². The Morgan fingerprint density at radius 1 is 0.591 bits per heavy atom. The second-order valence-electron chi connectivity index (χ2n) is 5.05. The van der Waals surface area contributed by atoms with Crippen molar-refractivity contribution >= 4 is 11.9 Å². The van der Waals surface area contributed by atoms with Gasteiger partial charge in [0.1, 0.15) is 0 Å². The van der Waals surface area contributed by atoms with Gasteiger partial charge in [0, 0.05) is 40.3 Å². The highest BCUT2D eigenvalue weighted by Gasteiger charge is 2.06. The molecule has 0 aliphatic heterocycles. The van der Waals surface area contributed by atoms with Crippen molar-refractivity contribution in [3.05, 3.63) is 0 Å². The van der Waals surface area contributed by atoms with Crippen LogP contribution in [0.25, 0.3) is 0 Å². The van der Waals surface area contributed by atoms with Gasteiger partial charge >= 0.3 is 11.9 Å². The molecule has 6 nitrogen and oxygen atoms in total. The second kappa shape index (κ2) is 16.2. The van der Waals surface area contributed by atoms with E-state index in [-0.39, 0.29) is 11.9 Å². The second-order valence-corrected chi connectivity index (χ2v) is 5.05. The summed E-state index contributed by atoms with van der Waals surface area (Å²) >= 11 is 0. The molecule has 0 aliphatic rings. The highest BCUT2D eigenvalue weighted by Crippen LogP contribution is 2.04. The lowest BCUT2D eigenvalue weighted by Gasteiger charge is -2.06. The quantitative estimate of drug-likeness (QED) is 0.341. The maximum Gasteiger partial charge on any atom is 0.305 e. The molecule has 0 saturated carbocycles. The first kappa shape index (κ1) is 20.9. The zero-order chi connectivity index (χ0) is 16.5. The number of hydrogen-bond donors (Lipinski definition) is 0. The van der Waals surface area contributed by atoms with E-state index in [2.05, 4.69) is 0 Å². The molecule has 0 spiro atoms. The zero-order valence-electron chi connectivity index (χ0n) is 13.9. The molecular formula is C16H30O6. The molecule has 0 aromatic heterocycles. The Balaban J connectivity index is 3.32. The van der Waals surface area contributed by atoms with Crippen LogP contribution in [0.2, 0.25) is 0 Å². The van der Waals surface area contributed by atoms with Crippen molar-refractivity contribution in [1.29, 1.82) is 0 Å². The summed E-state index contributed by atoms with van der Waals surface area (Å²) in [5.41, 5.74) is 0. The molecule has 0 fully saturated rings. The van der Waals surface area contributed by atoms with E-state index >= 15 is 0 Å². The van der Waals surface area contributed by atoms with E-state index in [1.807, 2.05) is 0 Å². The molecule has 0 aromatic carbocycles. The van der Waals surface area contributed by atoms with Gasteiger partial charge in [0.05, 0.1) is 13.2 Å². The van der Waals surface area contributed by atoms with E-state index in [1.165, 1.54) is 0 Å². The van der Waals surface area contributed by atoms with Crippen LogP contribution in [0.5, 0.6) is 0 Å². The van der Waals surface area contributed by atoms with Gasteiger partial charge in [-0.3, -0.25) is 9.59 Å². The van der Waals surface area contributed by atoms with Crippen LogP contribution in [0.3, 0.4) is 0 Å². The SMILES string of the molecule is COCCCCOC(=O)CCCCC(=O)OCCCCOC. The van der Waals surface area contributed by atoms with E-state index in [4.69, 9.17) is 18.9 Å². The highest BCUT2D eigenvalue weighted by atomic mass is 16.5. The Labute approximate surface area is 133 Å². The standard InChI is InChI=1S/C16H30O6/c1-19-11-5-7-13-21-15(17)9-3-4-10-16(18)22-14-8-6-12-20-2/h3-14H2,1-2H3. The fourth-order valence-corrected chi connectivity index (χ4v) is 1.75. The molecule has 0 N–H and O–H groups in total. The van der Waals surface area contributed by atoms with Crippen LogP contribution in [0, 0.1) is 0 Å². The summed E-state index contributed by atoms with van der Waals surface area (Å²) in [4.78, 5) is 22.8. The van der Waals surface area contributed by atoms with Crippen LogP contribution in [0.1, 0.15) is 51.4 Å². The third-order valence-corrected chi connectivity index (χ3v) is 3.02. The minimum atomic E-state index is -0.203. The van der Waals surface area contributed by atoms with E-state index in [1.54, 1.807) is 14.2 Å². The van der Waals surface area contributed by atoms with E-state index in [9.17, 15) is 9.59 Å². The summed E-state index contributed by atoms with van der Waals surface area (Å²) in [6, 6.07) is 0. The summed E-state index contributed by atoms with van der Waals surface area (Å²) in [5, 5.41) is 0. The predicted molar refractivity (Wildman–Crippen MR) is 82.6 cm³/mol. The number of carbonyl (C=O) groups excluding carboxylic acids is 2. The monoisotopic (exact) mass is 318 g/mol. The van der Waals surface area contributed by atoms with Crippen LogP contribution in [0.15, 0.2) is 0 Å². The smallest absolute Gasteiger partial charge is 0.305 e. The molecule has 0 heterocycles. The van der Waals surface area contributed by atoms with Crippen LogP contribution >= 0.6 is 0 Å². The number of esters is 2. The van der Waals surface area contributed by atoms with E-state index < -0.39 is 0 Å². The molecule has 0 unspecified atom stereocenters. The Kier molecular flexibility index (Phi) is 15.4. The lowest BCUT2D eigenvalue weighted by atomic mass is 10.2. The Bertz CT molecular complexity index is 252. The van der Waals surface area contributed by atoms with E-state index in [0.29, 0.717) is 52.1 Å². The van der Waals surface area contributed by atoms with Crippen LogP contribution in [0.4, 0.5) is 0 Å². The molecule has 0 bridgehead atoms. The van der Waals surface area contributed by atoms with Crippen molar-refractivity contribution in [3.8, 4) is 0 Å². The van der Waals surface area contributed by atoms with Gasteiger partial charge in [-0.15, -0.1) is 0 Å². The van der Waals surface area contributed by atoms with Gasteiger partial charge in [0.15, 0.2) is 0 Å². The van der Waals surface area contributed by atoms with Crippen molar-refractivity contribution in [3.63, 3.8) is 0 Å². The number of ether oxygens (including phenoxy) is 4. The first-order valence-electron chi connectivity index (χ1n) is 7.99. The lowest BCUT2D eigenvalue weighted by Crippen LogP contribution is -2.08. The number of hydrogen-bond acceptors (Lipinski definition) is 6. The first-order valence-corrected chi connectivity index (χ1v) is 7.99. The normalized spacial score (nSPS) is 10.5. The van der Waals surface area contributed by atoms with Gasteiger partial charge in [-0.25, -0.2) is 0 Å². The minimum Gasteiger partial charge on any atom is -0.466 e. The number of unbranched alkanes of at least 4 members (excludes halogenated alkanes) is 3. The Morgan fingerprint density at radius 2 is 0.955 bits per heavy atom. The molecular weight excluding hydrogens is 288 g/mol. The van der Waals surface area contributed by atoms with Crippen molar-refractivity contribution in [1.82, 2.24) is 0 Å². The maximum atomic E-state index is 11.4. The summed E-state index contributed by atoms with van der Waals surface area (Å²) in [6.45, 7) is 2.24. The van der Waals surface area contributed by atoms with Gasteiger partial charge in [-0.2, -0.15) is 0 Å². The van der Waals surface area contributed by atoms with Crippen LogP contribution in [-0.2, 0) is 28.5 Å². The van der Waals surface area contributed by atoms with Gasteiger partial charge < -0.3 is 18.9 Å². The lowest BCUT2D eigenvalue weighted by molar-refractivity contribution is -0.146. The molecule has 0 aliphatic carbocycles. The average molecular weight is 318 g/mol. The first-order chi connectivity index (χ1) is 10.7. The Morgan fingerprint density at radius 3 is 1.32 bits per heavy atom. The summed E-state index contributed by atoms with van der Waals surface area (Å²) in [5.74, 6) is -0.407.